The molecule has 1 N–H and O–H groups in total. The number of carbonyl (C=O) groups is 1. The van der Waals surface area contributed by atoms with Crippen molar-refractivity contribution < 1.29 is 9.18 Å². The van der Waals surface area contributed by atoms with Gasteiger partial charge in [0.1, 0.15) is 17.6 Å². The molecule has 128 valence electrons. The van der Waals surface area contributed by atoms with Gasteiger partial charge in [0.05, 0.1) is 6.54 Å². The molecule has 2 heterocycles. The summed E-state index contributed by atoms with van der Waals surface area (Å²) < 4.78 is 12.9. The summed E-state index contributed by atoms with van der Waals surface area (Å²) in [5.41, 5.74) is 1.96. The third-order valence-electron chi connectivity index (χ3n) is 4.09. The monoisotopic (exact) mass is 339 g/mol. The number of halogens is 1. The molecule has 0 bridgehead atoms. The fraction of sp³-hybridized carbons (Fsp3) is 0.278. The number of rotatable bonds is 4. The number of anilines is 2. The molecule has 0 spiro atoms. The molecule has 1 aromatic carbocycles. The second-order valence-electron chi connectivity index (χ2n) is 5.83. The van der Waals surface area contributed by atoms with E-state index in [2.05, 4.69) is 20.1 Å². The topological polar surface area (TPSA) is 72.3 Å². The lowest BCUT2D eigenvalue weighted by Crippen LogP contribution is -2.48. The zero-order valence-corrected chi connectivity index (χ0v) is 13.7. The summed E-state index contributed by atoms with van der Waals surface area (Å²) >= 11 is 0. The summed E-state index contributed by atoms with van der Waals surface area (Å²) in [5, 5.41) is 11.7. The molecule has 0 atom stereocenters. The Bertz CT molecular complexity index is 779. The molecule has 25 heavy (non-hydrogen) atoms. The number of hydrogen-bond acceptors (Lipinski definition) is 5. The fourth-order valence-corrected chi connectivity index (χ4v) is 2.78. The van der Waals surface area contributed by atoms with Crippen molar-refractivity contribution >= 4 is 17.3 Å². The van der Waals surface area contributed by atoms with Crippen LogP contribution in [0.1, 0.15) is 5.69 Å². The molecule has 1 fully saturated rings. The minimum Gasteiger partial charge on any atom is -0.369 e. The van der Waals surface area contributed by atoms with Gasteiger partial charge < -0.3 is 10.2 Å². The SMILES string of the molecule is N#Cc1cc(N2CCN(CC(=O)Nc3ccc(F)cc3)CC2)ccn1. The summed E-state index contributed by atoms with van der Waals surface area (Å²) in [6.07, 6.45) is 1.64. The summed E-state index contributed by atoms with van der Waals surface area (Å²) in [4.78, 5) is 20.3. The number of benzene rings is 1. The first-order chi connectivity index (χ1) is 12.1. The van der Waals surface area contributed by atoms with Gasteiger partial charge in [0.15, 0.2) is 0 Å². The normalized spacial score (nSPS) is 14.8. The lowest BCUT2D eigenvalue weighted by atomic mass is 10.2. The maximum Gasteiger partial charge on any atom is 0.238 e. The van der Waals surface area contributed by atoms with Gasteiger partial charge in [-0.15, -0.1) is 0 Å². The van der Waals surface area contributed by atoms with Crippen molar-refractivity contribution in [2.45, 2.75) is 0 Å². The molecule has 7 heteroatoms. The summed E-state index contributed by atoms with van der Waals surface area (Å²) in [7, 11) is 0. The number of hydrogen-bond donors (Lipinski definition) is 1. The molecule has 0 aliphatic carbocycles. The number of amides is 1. The van der Waals surface area contributed by atoms with Crippen LogP contribution in [0, 0.1) is 17.1 Å². The van der Waals surface area contributed by atoms with Crippen LogP contribution in [0.15, 0.2) is 42.6 Å². The Kier molecular flexibility index (Phi) is 5.21. The Morgan fingerprint density at radius 3 is 2.60 bits per heavy atom. The van der Waals surface area contributed by atoms with Gasteiger partial charge in [0.25, 0.3) is 0 Å². The molecule has 1 aliphatic heterocycles. The van der Waals surface area contributed by atoms with Crippen LogP contribution in [0.25, 0.3) is 0 Å². The van der Waals surface area contributed by atoms with E-state index in [0.717, 1.165) is 31.9 Å². The van der Waals surface area contributed by atoms with E-state index in [1.165, 1.54) is 12.1 Å². The number of pyridine rings is 1. The van der Waals surface area contributed by atoms with Crippen molar-refractivity contribution in [3.63, 3.8) is 0 Å². The highest BCUT2D eigenvalue weighted by atomic mass is 19.1. The standard InChI is InChI=1S/C18H18FN5O/c19-14-1-3-15(4-2-14)22-18(25)13-23-7-9-24(10-8-23)17-5-6-21-16(11-17)12-20/h1-6,11H,7-10,13H2,(H,22,25). The second-order valence-corrected chi connectivity index (χ2v) is 5.83. The van der Waals surface area contributed by atoms with Gasteiger partial charge in [-0.1, -0.05) is 0 Å². The number of nitriles is 1. The third kappa shape index (κ3) is 4.52. The van der Waals surface area contributed by atoms with Crippen LogP contribution < -0.4 is 10.2 Å². The minimum absolute atomic E-state index is 0.115. The van der Waals surface area contributed by atoms with Crippen molar-refractivity contribution in [1.29, 1.82) is 5.26 Å². The Hall–Kier alpha value is -2.98. The van der Waals surface area contributed by atoms with E-state index < -0.39 is 0 Å². The van der Waals surface area contributed by atoms with Crippen LogP contribution in [-0.4, -0.2) is 48.5 Å². The molecule has 1 amide bonds. The zero-order chi connectivity index (χ0) is 17.6. The van der Waals surface area contributed by atoms with Crippen molar-refractivity contribution in [3.05, 3.63) is 54.1 Å². The van der Waals surface area contributed by atoms with Gasteiger partial charge in [-0.2, -0.15) is 5.26 Å². The number of nitrogens with zero attached hydrogens (tertiary/aromatic N) is 4. The largest absolute Gasteiger partial charge is 0.369 e. The number of nitrogens with one attached hydrogen (secondary N) is 1. The van der Waals surface area contributed by atoms with Crippen LogP contribution in [-0.2, 0) is 4.79 Å². The van der Waals surface area contributed by atoms with E-state index in [1.807, 2.05) is 12.1 Å². The van der Waals surface area contributed by atoms with E-state index in [4.69, 9.17) is 5.26 Å². The highest BCUT2D eigenvalue weighted by molar-refractivity contribution is 5.92. The van der Waals surface area contributed by atoms with Gasteiger partial charge in [0.2, 0.25) is 5.91 Å². The molecule has 6 nitrogen and oxygen atoms in total. The third-order valence-corrected chi connectivity index (χ3v) is 4.09. The number of piperazine rings is 1. The van der Waals surface area contributed by atoms with Crippen molar-refractivity contribution in [2.24, 2.45) is 0 Å². The Labute approximate surface area is 145 Å². The second kappa shape index (κ2) is 7.73. The maximum atomic E-state index is 12.9. The van der Waals surface area contributed by atoms with Crippen LogP contribution in [0.5, 0.6) is 0 Å². The predicted molar refractivity (Wildman–Crippen MR) is 92.6 cm³/mol. The Morgan fingerprint density at radius 1 is 1.20 bits per heavy atom. The quantitative estimate of drug-likeness (QED) is 0.920. The van der Waals surface area contributed by atoms with E-state index >= 15 is 0 Å². The molecule has 0 radical (unpaired) electrons. The van der Waals surface area contributed by atoms with Gasteiger partial charge in [0, 0.05) is 43.8 Å². The van der Waals surface area contributed by atoms with Crippen LogP contribution >= 0.6 is 0 Å². The van der Waals surface area contributed by atoms with Gasteiger partial charge >= 0.3 is 0 Å². The summed E-state index contributed by atoms with van der Waals surface area (Å²) in [6.45, 7) is 3.35. The fourth-order valence-electron chi connectivity index (χ4n) is 2.78. The lowest BCUT2D eigenvalue weighted by Gasteiger charge is -2.35. The molecule has 1 aliphatic rings. The molecule has 0 unspecified atom stereocenters. The van der Waals surface area contributed by atoms with Gasteiger partial charge in [-0.05, 0) is 36.4 Å². The lowest BCUT2D eigenvalue weighted by molar-refractivity contribution is -0.117. The molecular formula is C18H18FN5O. The van der Waals surface area contributed by atoms with E-state index in [9.17, 15) is 9.18 Å². The average Bonchev–Trinajstić information content (AvgIpc) is 2.64. The van der Waals surface area contributed by atoms with Crippen molar-refractivity contribution in [2.75, 3.05) is 42.9 Å². The average molecular weight is 339 g/mol. The molecule has 0 saturated carbocycles. The molecule has 1 saturated heterocycles. The van der Waals surface area contributed by atoms with Crippen molar-refractivity contribution in [1.82, 2.24) is 9.88 Å². The minimum atomic E-state index is -0.329. The zero-order valence-electron chi connectivity index (χ0n) is 13.7. The van der Waals surface area contributed by atoms with Gasteiger partial charge in [-0.25, -0.2) is 9.37 Å². The predicted octanol–water partition coefficient (Wildman–Crippen LogP) is 1.85. The van der Waals surface area contributed by atoms with E-state index in [-0.39, 0.29) is 11.7 Å². The molecular weight excluding hydrogens is 321 g/mol. The summed E-state index contributed by atoms with van der Waals surface area (Å²) in [5.74, 6) is -0.444. The molecule has 1 aromatic heterocycles. The van der Waals surface area contributed by atoms with Crippen molar-refractivity contribution in [3.8, 4) is 6.07 Å². The first kappa shape index (κ1) is 16.9. The smallest absolute Gasteiger partial charge is 0.238 e. The highest BCUT2D eigenvalue weighted by Crippen LogP contribution is 2.16. The first-order valence-electron chi connectivity index (χ1n) is 8.03. The maximum absolute atomic E-state index is 12.9. The molecule has 3 rings (SSSR count). The van der Waals surface area contributed by atoms with Crippen LogP contribution in [0.2, 0.25) is 0 Å². The number of aromatic nitrogens is 1. The molecule has 2 aromatic rings. The van der Waals surface area contributed by atoms with Crippen LogP contribution in [0.3, 0.4) is 0 Å². The Balaban J connectivity index is 1.49. The Morgan fingerprint density at radius 2 is 1.92 bits per heavy atom. The van der Waals surface area contributed by atoms with Crippen LogP contribution in [0.4, 0.5) is 15.8 Å². The summed E-state index contributed by atoms with van der Waals surface area (Å²) in [6, 6.07) is 11.4. The van der Waals surface area contributed by atoms with Gasteiger partial charge in [-0.3, -0.25) is 9.69 Å². The highest BCUT2D eigenvalue weighted by Gasteiger charge is 2.19. The number of carbonyl (C=O) groups excluding carboxylic acids is 1. The first-order valence-corrected chi connectivity index (χ1v) is 8.03. The van der Waals surface area contributed by atoms with E-state index in [0.29, 0.717) is 17.9 Å². The van der Waals surface area contributed by atoms with E-state index in [1.54, 1.807) is 24.4 Å².